The standard InChI is InChI=1S/C24H27NO6/c1-16-11-17(2)18(3)21(12-16)28-10-4-9-25-23(26)14-29-24(27)8-6-19-5-7-20-22(13-19)31-15-30-20/h5-8,11-13H,4,9-10,14-15H2,1-3H3,(H,25,26)/b8-6+. The van der Waals surface area contributed by atoms with Crippen LogP contribution in [0.5, 0.6) is 17.2 Å². The molecule has 2 aromatic carbocycles. The topological polar surface area (TPSA) is 83.1 Å². The molecule has 1 amide bonds. The number of carbonyl (C=O) groups is 2. The van der Waals surface area contributed by atoms with Crippen molar-refractivity contribution in [3.8, 4) is 17.2 Å². The number of carbonyl (C=O) groups excluding carboxylic acids is 2. The molecule has 0 aliphatic carbocycles. The van der Waals surface area contributed by atoms with Gasteiger partial charge < -0.3 is 24.3 Å². The third-order valence-corrected chi connectivity index (χ3v) is 4.82. The lowest BCUT2D eigenvalue weighted by atomic mass is 10.1. The maximum Gasteiger partial charge on any atom is 0.331 e. The van der Waals surface area contributed by atoms with Crippen LogP contribution in [0.25, 0.3) is 6.08 Å². The Labute approximate surface area is 181 Å². The van der Waals surface area contributed by atoms with Crippen molar-refractivity contribution in [1.29, 1.82) is 0 Å². The van der Waals surface area contributed by atoms with Gasteiger partial charge in [-0.1, -0.05) is 12.1 Å². The van der Waals surface area contributed by atoms with Crippen molar-refractivity contribution < 1.29 is 28.5 Å². The van der Waals surface area contributed by atoms with E-state index in [0.29, 0.717) is 31.1 Å². The summed E-state index contributed by atoms with van der Waals surface area (Å²) < 4.78 is 21.3. The summed E-state index contributed by atoms with van der Waals surface area (Å²) in [6.45, 7) is 6.90. The van der Waals surface area contributed by atoms with E-state index in [-0.39, 0.29) is 19.3 Å². The van der Waals surface area contributed by atoms with E-state index in [1.165, 1.54) is 11.6 Å². The molecule has 0 radical (unpaired) electrons. The molecule has 1 heterocycles. The number of amides is 1. The molecule has 0 aromatic heterocycles. The Bertz CT molecular complexity index is 982. The molecule has 0 atom stereocenters. The van der Waals surface area contributed by atoms with Crippen LogP contribution in [-0.2, 0) is 14.3 Å². The van der Waals surface area contributed by atoms with Crippen LogP contribution in [0, 0.1) is 20.8 Å². The number of rotatable bonds is 9. The van der Waals surface area contributed by atoms with Crippen LogP contribution in [0.1, 0.15) is 28.7 Å². The van der Waals surface area contributed by atoms with Gasteiger partial charge in [-0.2, -0.15) is 0 Å². The number of nitrogens with one attached hydrogen (secondary N) is 1. The summed E-state index contributed by atoms with van der Waals surface area (Å²) in [5.74, 6) is 1.22. The first-order chi connectivity index (χ1) is 14.9. The van der Waals surface area contributed by atoms with E-state index in [1.54, 1.807) is 24.3 Å². The van der Waals surface area contributed by atoms with Crippen LogP contribution in [-0.4, -0.2) is 38.4 Å². The van der Waals surface area contributed by atoms with Crippen LogP contribution in [0.3, 0.4) is 0 Å². The highest BCUT2D eigenvalue weighted by molar-refractivity contribution is 5.89. The first kappa shape index (κ1) is 22.2. The Kier molecular flexibility index (Phi) is 7.54. The van der Waals surface area contributed by atoms with Crippen LogP contribution in [0.15, 0.2) is 36.4 Å². The number of hydrogen-bond donors (Lipinski definition) is 1. The van der Waals surface area contributed by atoms with Crippen molar-refractivity contribution in [3.63, 3.8) is 0 Å². The molecule has 1 N–H and O–H groups in total. The van der Waals surface area contributed by atoms with Gasteiger partial charge in [0, 0.05) is 12.6 Å². The molecule has 0 saturated carbocycles. The van der Waals surface area contributed by atoms with Crippen LogP contribution in [0.4, 0.5) is 0 Å². The van der Waals surface area contributed by atoms with Crippen molar-refractivity contribution in [2.24, 2.45) is 0 Å². The molecule has 3 rings (SSSR count). The first-order valence-corrected chi connectivity index (χ1v) is 10.1. The van der Waals surface area contributed by atoms with E-state index in [9.17, 15) is 9.59 Å². The number of benzene rings is 2. The van der Waals surface area contributed by atoms with Gasteiger partial charge >= 0.3 is 5.97 Å². The average molecular weight is 425 g/mol. The highest BCUT2D eigenvalue weighted by atomic mass is 16.7. The Morgan fingerprint density at radius 2 is 1.90 bits per heavy atom. The lowest BCUT2D eigenvalue weighted by Crippen LogP contribution is -2.30. The maximum absolute atomic E-state index is 11.8. The molecule has 1 aliphatic rings. The Morgan fingerprint density at radius 3 is 2.74 bits per heavy atom. The summed E-state index contributed by atoms with van der Waals surface area (Å²) in [4.78, 5) is 23.7. The predicted molar refractivity (Wildman–Crippen MR) is 116 cm³/mol. The maximum atomic E-state index is 11.8. The van der Waals surface area contributed by atoms with Gasteiger partial charge in [-0.05, 0) is 73.7 Å². The molecule has 0 saturated heterocycles. The normalized spacial score (nSPS) is 12.1. The van der Waals surface area contributed by atoms with Crippen molar-refractivity contribution >= 4 is 18.0 Å². The van der Waals surface area contributed by atoms with Gasteiger partial charge in [-0.3, -0.25) is 4.79 Å². The Morgan fingerprint density at radius 1 is 1.10 bits per heavy atom. The summed E-state index contributed by atoms with van der Waals surface area (Å²) in [6, 6.07) is 9.46. The molecule has 31 heavy (non-hydrogen) atoms. The van der Waals surface area contributed by atoms with Gasteiger partial charge in [0.2, 0.25) is 6.79 Å². The van der Waals surface area contributed by atoms with Crippen LogP contribution in [0.2, 0.25) is 0 Å². The van der Waals surface area contributed by atoms with Gasteiger partial charge in [0.25, 0.3) is 5.91 Å². The predicted octanol–water partition coefficient (Wildman–Crippen LogP) is 3.48. The molecule has 7 heteroatoms. The van der Waals surface area contributed by atoms with Crippen molar-refractivity contribution in [1.82, 2.24) is 5.32 Å². The Hall–Kier alpha value is -3.48. The summed E-state index contributed by atoms with van der Waals surface area (Å²) in [6.07, 6.45) is 3.51. The van der Waals surface area contributed by atoms with E-state index in [2.05, 4.69) is 18.3 Å². The third kappa shape index (κ3) is 6.50. The smallest absolute Gasteiger partial charge is 0.331 e. The summed E-state index contributed by atoms with van der Waals surface area (Å²) in [5.41, 5.74) is 4.23. The second-order valence-electron chi connectivity index (χ2n) is 7.31. The molecule has 0 bridgehead atoms. The lowest BCUT2D eigenvalue weighted by molar-refractivity contribution is -0.143. The zero-order valence-corrected chi connectivity index (χ0v) is 18.0. The molecule has 2 aromatic rings. The lowest BCUT2D eigenvalue weighted by Gasteiger charge is -2.12. The molecule has 7 nitrogen and oxygen atoms in total. The van der Waals surface area contributed by atoms with Gasteiger partial charge in [0.15, 0.2) is 18.1 Å². The van der Waals surface area contributed by atoms with Gasteiger partial charge in [-0.25, -0.2) is 4.79 Å². The monoisotopic (exact) mass is 425 g/mol. The van der Waals surface area contributed by atoms with Crippen molar-refractivity contribution in [2.45, 2.75) is 27.2 Å². The molecular weight excluding hydrogens is 398 g/mol. The summed E-state index contributed by atoms with van der Waals surface area (Å²) >= 11 is 0. The van der Waals surface area contributed by atoms with Gasteiger partial charge in [-0.15, -0.1) is 0 Å². The molecule has 0 unspecified atom stereocenters. The fourth-order valence-corrected chi connectivity index (χ4v) is 3.05. The summed E-state index contributed by atoms with van der Waals surface area (Å²) in [7, 11) is 0. The van der Waals surface area contributed by atoms with E-state index >= 15 is 0 Å². The van der Waals surface area contributed by atoms with E-state index in [1.807, 2.05) is 19.9 Å². The van der Waals surface area contributed by atoms with Crippen LogP contribution >= 0.6 is 0 Å². The number of esters is 1. The summed E-state index contributed by atoms with van der Waals surface area (Å²) in [5, 5.41) is 2.71. The second kappa shape index (κ2) is 10.5. The highest BCUT2D eigenvalue weighted by Gasteiger charge is 2.12. The SMILES string of the molecule is Cc1cc(C)c(C)c(OCCCNC(=O)COC(=O)/C=C/c2ccc3c(c2)OCO3)c1. The largest absolute Gasteiger partial charge is 0.493 e. The van der Waals surface area contributed by atoms with E-state index in [4.69, 9.17) is 18.9 Å². The third-order valence-electron chi connectivity index (χ3n) is 4.82. The minimum atomic E-state index is -0.596. The highest BCUT2D eigenvalue weighted by Crippen LogP contribution is 2.32. The zero-order valence-electron chi connectivity index (χ0n) is 18.0. The van der Waals surface area contributed by atoms with Crippen LogP contribution < -0.4 is 19.5 Å². The fraction of sp³-hybridized carbons (Fsp3) is 0.333. The van der Waals surface area contributed by atoms with Crippen molar-refractivity contribution in [2.75, 3.05) is 26.6 Å². The molecular formula is C24H27NO6. The van der Waals surface area contributed by atoms with Gasteiger partial charge in [0.05, 0.1) is 6.61 Å². The van der Waals surface area contributed by atoms with Crippen molar-refractivity contribution in [3.05, 3.63) is 58.7 Å². The number of aryl methyl sites for hydroxylation is 2. The van der Waals surface area contributed by atoms with E-state index < -0.39 is 5.97 Å². The van der Waals surface area contributed by atoms with E-state index in [0.717, 1.165) is 22.4 Å². The molecule has 164 valence electrons. The number of hydrogen-bond acceptors (Lipinski definition) is 6. The minimum Gasteiger partial charge on any atom is -0.493 e. The quantitative estimate of drug-likeness (QED) is 0.376. The Balaban J connectivity index is 1.31. The molecule has 0 spiro atoms. The zero-order chi connectivity index (χ0) is 22.2. The number of ether oxygens (including phenoxy) is 4. The number of fused-ring (bicyclic) bond motifs is 1. The molecule has 1 aliphatic heterocycles. The average Bonchev–Trinajstić information content (AvgIpc) is 3.21. The molecule has 0 fully saturated rings. The van der Waals surface area contributed by atoms with Gasteiger partial charge in [0.1, 0.15) is 5.75 Å². The first-order valence-electron chi connectivity index (χ1n) is 10.1. The minimum absolute atomic E-state index is 0.191. The second-order valence-corrected chi connectivity index (χ2v) is 7.31. The fourth-order valence-electron chi connectivity index (χ4n) is 3.05.